The molecule has 1 aliphatic carbocycles. The molecule has 3 rings (SSSR count). The lowest BCUT2D eigenvalue weighted by molar-refractivity contribution is -0.137. The Morgan fingerprint density at radius 3 is 2.40 bits per heavy atom. The monoisotopic (exact) mass is 481 g/mol. The largest absolute Gasteiger partial charge is 0.493 e. The predicted molar refractivity (Wildman–Crippen MR) is 115 cm³/mol. The van der Waals surface area contributed by atoms with Crippen molar-refractivity contribution in [2.75, 3.05) is 34.4 Å². The van der Waals surface area contributed by atoms with Gasteiger partial charge >= 0.3 is 6.03 Å². The van der Waals surface area contributed by atoms with Crippen LogP contribution in [0.4, 0.5) is 4.79 Å². The van der Waals surface area contributed by atoms with Crippen molar-refractivity contribution in [3.63, 3.8) is 0 Å². The fraction of sp³-hybridized carbons (Fsp3) is 0.571. The molecule has 1 heterocycles. The Kier molecular flexibility index (Phi) is 6.90. The molecule has 30 heavy (non-hydrogen) atoms. The van der Waals surface area contributed by atoms with Gasteiger partial charge in [-0.25, -0.2) is 4.79 Å². The summed E-state index contributed by atoms with van der Waals surface area (Å²) in [7, 11) is 4.80. The number of hydrogen-bond donors (Lipinski definition) is 1. The van der Waals surface area contributed by atoms with E-state index in [4.69, 9.17) is 9.47 Å². The number of nitrogens with zero attached hydrogens (tertiary/aromatic N) is 2. The molecule has 164 valence electrons. The van der Waals surface area contributed by atoms with E-state index in [1.54, 1.807) is 21.3 Å². The van der Waals surface area contributed by atoms with Crippen LogP contribution in [0, 0.1) is 0 Å². The summed E-state index contributed by atoms with van der Waals surface area (Å²) >= 11 is 3.50. The first kappa shape index (κ1) is 22.4. The summed E-state index contributed by atoms with van der Waals surface area (Å²) in [4.78, 5) is 40.6. The van der Waals surface area contributed by atoms with E-state index < -0.39 is 5.54 Å². The number of imide groups is 1. The Hall–Kier alpha value is -2.29. The SMILES string of the molecule is COc1cc(Br)c(CCNC(=O)CN2C(=O)N(C)C3(CCCCC3)C2=O)cc1OC. The molecule has 2 aliphatic rings. The van der Waals surface area contributed by atoms with E-state index >= 15 is 0 Å². The second-order valence-corrected chi connectivity index (χ2v) is 8.58. The number of nitrogens with one attached hydrogen (secondary N) is 1. The van der Waals surface area contributed by atoms with Crippen molar-refractivity contribution in [1.82, 2.24) is 15.1 Å². The molecule has 1 saturated carbocycles. The highest BCUT2D eigenvalue weighted by Crippen LogP contribution is 2.39. The molecular formula is C21H28BrN3O5. The second kappa shape index (κ2) is 9.24. The molecule has 1 aromatic carbocycles. The van der Waals surface area contributed by atoms with Gasteiger partial charge in [-0.2, -0.15) is 0 Å². The average molecular weight is 482 g/mol. The van der Waals surface area contributed by atoms with Gasteiger partial charge in [-0.3, -0.25) is 14.5 Å². The van der Waals surface area contributed by atoms with Gasteiger partial charge in [-0.1, -0.05) is 35.2 Å². The molecule has 1 aliphatic heterocycles. The maximum Gasteiger partial charge on any atom is 0.327 e. The third-order valence-electron chi connectivity index (χ3n) is 6.05. The van der Waals surface area contributed by atoms with E-state index in [1.807, 2.05) is 12.1 Å². The van der Waals surface area contributed by atoms with Gasteiger partial charge in [0.05, 0.1) is 14.2 Å². The van der Waals surface area contributed by atoms with Crippen LogP contribution in [0.25, 0.3) is 0 Å². The third-order valence-corrected chi connectivity index (χ3v) is 6.79. The molecule has 0 unspecified atom stereocenters. The summed E-state index contributed by atoms with van der Waals surface area (Å²) in [5.74, 6) is 0.627. The first-order valence-electron chi connectivity index (χ1n) is 10.1. The number of hydrogen-bond acceptors (Lipinski definition) is 5. The highest BCUT2D eigenvalue weighted by Gasteiger charge is 2.55. The average Bonchev–Trinajstić information content (AvgIpc) is 2.91. The molecule has 2 fully saturated rings. The minimum atomic E-state index is -0.764. The molecule has 8 nitrogen and oxygen atoms in total. The van der Waals surface area contributed by atoms with Gasteiger partial charge in [0, 0.05) is 18.1 Å². The summed E-state index contributed by atoms with van der Waals surface area (Å²) in [5, 5.41) is 2.80. The molecule has 0 bridgehead atoms. The van der Waals surface area contributed by atoms with E-state index in [0.29, 0.717) is 37.3 Å². The number of likely N-dealkylation sites (N-methyl/N-ethyl adjacent to an activating group) is 1. The van der Waals surface area contributed by atoms with Crippen molar-refractivity contribution in [2.45, 2.75) is 44.1 Å². The number of urea groups is 1. The minimum Gasteiger partial charge on any atom is -0.493 e. The predicted octanol–water partition coefficient (Wildman–Crippen LogP) is 2.72. The van der Waals surface area contributed by atoms with E-state index in [-0.39, 0.29) is 24.4 Å². The van der Waals surface area contributed by atoms with Crippen molar-refractivity contribution in [2.24, 2.45) is 0 Å². The van der Waals surface area contributed by atoms with Crippen LogP contribution in [-0.4, -0.2) is 67.5 Å². The summed E-state index contributed by atoms with van der Waals surface area (Å²) in [6.07, 6.45) is 4.80. The van der Waals surface area contributed by atoms with Gasteiger partial charge in [0.2, 0.25) is 5.91 Å². The molecule has 0 radical (unpaired) electrons. The maximum atomic E-state index is 13.0. The molecule has 9 heteroatoms. The van der Waals surface area contributed by atoms with Crippen LogP contribution in [-0.2, 0) is 16.0 Å². The molecule has 1 saturated heterocycles. The van der Waals surface area contributed by atoms with E-state index in [1.165, 1.54) is 4.90 Å². The van der Waals surface area contributed by atoms with Crippen molar-refractivity contribution in [1.29, 1.82) is 0 Å². The molecule has 0 atom stereocenters. The Bertz CT molecular complexity index is 838. The normalized spacial score (nSPS) is 18.1. The number of carbonyl (C=O) groups excluding carboxylic acids is 3. The summed E-state index contributed by atoms with van der Waals surface area (Å²) in [6, 6.07) is 3.28. The quantitative estimate of drug-likeness (QED) is 0.604. The van der Waals surface area contributed by atoms with Crippen LogP contribution < -0.4 is 14.8 Å². The Labute approximate surface area is 185 Å². The molecule has 1 N–H and O–H groups in total. The highest BCUT2D eigenvalue weighted by atomic mass is 79.9. The zero-order chi connectivity index (χ0) is 21.9. The Morgan fingerprint density at radius 2 is 1.77 bits per heavy atom. The van der Waals surface area contributed by atoms with Crippen LogP contribution in [0.5, 0.6) is 11.5 Å². The summed E-state index contributed by atoms with van der Waals surface area (Å²) in [6.45, 7) is 0.112. The number of ether oxygens (including phenoxy) is 2. The second-order valence-electron chi connectivity index (χ2n) is 7.72. The van der Waals surface area contributed by atoms with Crippen molar-refractivity contribution in [3.8, 4) is 11.5 Å². The number of methoxy groups -OCH3 is 2. The zero-order valence-corrected chi connectivity index (χ0v) is 19.2. The standard InChI is InChI=1S/C21H28BrN3O5/c1-24-20(28)25(19(27)21(24)8-5-4-6-9-21)13-18(26)23-10-7-14-11-16(29-2)17(30-3)12-15(14)22/h11-12H,4-10,13H2,1-3H3,(H,23,26). The summed E-state index contributed by atoms with van der Waals surface area (Å²) < 4.78 is 11.4. The number of amides is 4. The lowest BCUT2D eigenvalue weighted by Gasteiger charge is -2.35. The zero-order valence-electron chi connectivity index (χ0n) is 17.6. The van der Waals surface area contributed by atoms with E-state index in [0.717, 1.165) is 34.2 Å². The van der Waals surface area contributed by atoms with Crippen molar-refractivity contribution < 1.29 is 23.9 Å². The smallest absolute Gasteiger partial charge is 0.327 e. The third kappa shape index (κ3) is 4.12. The fourth-order valence-electron chi connectivity index (χ4n) is 4.30. The van der Waals surface area contributed by atoms with Gasteiger partial charge in [0.25, 0.3) is 5.91 Å². The van der Waals surface area contributed by atoms with Crippen LogP contribution in [0.1, 0.15) is 37.7 Å². The number of halogens is 1. The van der Waals surface area contributed by atoms with Gasteiger partial charge < -0.3 is 19.7 Å². The minimum absolute atomic E-state index is 0.243. The van der Waals surface area contributed by atoms with E-state index in [2.05, 4.69) is 21.2 Å². The highest BCUT2D eigenvalue weighted by molar-refractivity contribution is 9.10. The van der Waals surface area contributed by atoms with Crippen LogP contribution in [0.3, 0.4) is 0 Å². The Morgan fingerprint density at radius 1 is 1.13 bits per heavy atom. The van der Waals surface area contributed by atoms with Crippen molar-refractivity contribution >= 4 is 33.8 Å². The summed E-state index contributed by atoms with van der Waals surface area (Å²) in [5.41, 5.74) is 0.183. The van der Waals surface area contributed by atoms with Crippen molar-refractivity contribution in [3.05, 3.63) is 22.2 Å². The number of benzene rings is 1. The van der Waals surface area contributed by atoms with Crippen LogP contribution >= 0.6 is 15.9 Å². The maximum absolute atomic E-state index is 13.0. The van der Waals surface area contributed by atoms with Gasteiger partial charge in [-0.15, -0.1) is 0 Å². The number of carbonyl (C=O) groups is 3. The lowest BCUT2D eigenvalue weighted by atomic mass is 9.81. The molecule has 0 aromatic heterocycles. The fourth-order valence-corrected chi connectivity index (χ4v) is 4.82. The molecule has 4 amide bonds. The topological polar surface area (TPSA) is 88.2 Å². The van der Waals surface area contributed by atoms with Gasteiger partial charge in [-0.05, 0) is 37.0 Å². The van der Waals surface area contributed by atoms with E-state index in [9.17, 15) is 14.4 Å². The lowest BCUT2D eigenvalue weighted by Crippen LogP contribution is -2.49. The van der Waals surface area contributed by atoms with Gasteiger partial charge in [0.1, 0.15) is 12.1 Å². The van der Waals surface area contributed by atoms with Gasteiger partial charge in [0.15, 0.2) is 11.5 Å². The first-order chi connectivity index (χ1) is 14.3. The first-order valence-corrected chi connectivity index (χ1v) is 10.9. The van der Waals surface area contributed by atoms with Crippen LogP contribution in [0.15, 0.2) is 16.6 Å². The van der Waals surface area contributed by atoms with Crippen LogP contribution in [0.2, 0.25) is 0 Å². The molecular weight excluding hydrogens is 454 g/mol. The molecule has 1 aromatic rings. The Balaban J connectivity index is 1.58. The number of rotatable bonds is 7. The molecule has 1 spiro atoms.